The smallest absolute Gasteiger partial charge is 0.265 e. The van der Waals surface area contributed by atoms with Crippen LogP contribution in [0.2, 0.25) is 0 Å². The van der Waals surface area contributed by atoms with Gasteiger partial charge in [-0.1, -0.05) is 0 Å². The zero-order chi connectivity index (χ0) is 11.1. The summed E-state index contributed by atoms with van der Waals surface area (Å²) in [6.45, 7) is 0.446. The number of aliphatic hydroxyl groups is 2. The number of halogens is 2. The van der Waals surface area contributed by atoms with E-state index in [4.69, 9.17) is 5.11 Å². The Morgan fingerprint density at radius 1 is 1.21 bits per heavy atom. The summed E-state index contributed by atoms with van der Waals surface area (Å²) in [5, 5.41) is 20.6. The Morgan fingerprint density at radius 3 is 2.21 bits per heavy atom. The highest BCUT2D eigenvalue weighted by atomic mass is 19.3. The normalized spacial score (nSPS) is 16.3. The molecule has 0 radical (unpaired) electrons. The van der Waals surface area contributed by atoms with Gasteiger partial charge in [-0.25, -0.2) is 8.78 Å². The third kappa shape index (κ3) is 7.14. The van der Waals surface area contributed by atoms with Crippen molar-refractivity contribution in [3.63, 3.8) is 0 Å². The number of hydrogen-bond acceptors (Lipinski definition) is 4. The Labute approximate surface area is 82.5 Å². The fourth-order valence-corrected chi connectivity index (χ4v) is 0.973. The average Bonchev–Trinajstić information content (AvgIpc) is 2.02. The Morgan fingerprint density at radius 2 is 1.79 bits per heavy atom. The van der Waals surface area contributed by atoms with E-state index in [0.29, 0.717) is 6.54 Å². The minimum atomic E-state index is -2.74. The van der Waals surface area contributed by atoms with Gasteiger partial charge in [-0.15, -0.1) is 0 Å². The van der Waals surface area contributed by atoms with Crippen LogP contribution in [0.1, 0.15) is 0 Å². The van der Waals surface area contributed by atoms with Crippen LogP contribution in [0.5, 0.6) is 0 Å². The van der Waals surface area contributed by atoms with Crippen LogP contribution < -0.4 is 5.32 Å². The zero-order valence-electron chi connectivity index (χ0n) is 8.45. The summed E-state index contributed by atoms with van der Waals surface area (Å²) in [7, 11) is 3.61. The lowest BCUT2D eigenvalue weighted by Crippen LogP contribution is -2.39. The fourth-order valence-electron chi connectivity index (χ4n) is 0.973. The lowest BCUT2D eigenvalue weighted by Gasteiger charge is -2.17. The molecule has 14 heavy (non-hydrogen) atoms. The molecule has 6 heteroatoms. The molecular formula is C8H18F2N2O2. The molecule has 0 aromatic heterocycles. The zero-order valence-corrected chi connectivity index (χ0v) is 8.45. The van der Waals surface area contributed by atoms with Gasteiger partial charge in [0.05, 0.1) is 6.10 Å². The quantitative estimate of drug-likeness (QED) is 0.513. The molecule has 3 N–H and O–H groups in total. The third-order valence-electron chi connectivity index (χ3n) is 1.60. The van der Waals surface area contributed by atoms with Gasteiger partial charge in [-0.05, 0) is 14.1 Å². The van der Waals surface area contributed by atoms with Crippen LogP contribution in [0.4, 0.5) is 8.78 Å². The lowest BCUT2D eigenvalue weighted by molar-refractivity contribution is -0.00490. The van der Waals surface area contributed by atoms with E-state index in [1.165, 1.54) is 0 Å². The first-order valence-corrected chi connectivity index (χ1v) is 4.43. The molecule has 86 valence electrons. The molecule has 0 spiro atoms. The lowest BCUT2D eigenvalue weighted by atomic mass is 10.3. The summed E-state index contributed by atoms with van der Waals surface area (Å²) in [6.07, 6.45) is -5.02. The Hall–Kier alpha value is -0.300. The standard InChI is InChI=1S/C8H18F2N2O2/c1-12(2)5-6(13)3-11-4-7(14)8(9)10/h6-8,11,13-14H,3-5H2,1-2H3. The summed E-state index contributed by atoms with van der Waals surface area (Å²) < 4.78 is 23.6. The number of nitrogens with zero attached hydrogens (tertiary/aromatic N) is 1. The van der Waals surface area contributed by atoms with Gasteiger partial charge >= 0.3 is 0 Å². The third-order valence-corrected chi connectivity index (χ3v) is 1.60. The van der Waals surface area contributed by atoms with Gasteiger partial charge in [0.15, 0.2) is 0 Å². The van der Waals surface area contributed by atoms with Crippen LogP contribution in [0.25, 0.3) is 0 Å². The van der Waals surface area contributed by atoms with E-state index in [1.807, 2.05) is 0 Å². The van der Waals surface area contributed by atoms with E-state index in [1.54, 1.807) is 19.0 Å². The van der Waals surface area contributed by atoms with Crippen molar-refractivity contribution < 1.29 is 19.0 Å². The highest BCUT2D eigenvalue weighted by Gasteiger charge is 2.16. The van der Waals surface area contributed by atoms with Crippen molar-refractivity contribution in [2.45, 2.75) is 18.6 Å². The maximum atomic E-state index is 11.8. The van der Waals surface area contributed by atoms with Gasteiger partial charge in [0.25, 0.3) is 6.43 Å². The largest absolute Gasteiger partial charge is 0.390 e. The SMILES string of the molecule is CN(C)CC(O)CNCC(O)C(F)F. The van der Waals surface area contributed by atoms with Crippen molar-refractivity contribution in [1.29, 1.82) is 0 Å². The van der Waals surface area contributed by atoms with Gasteiger partial charge < -0.3 is 20.4 Å². The van der Waals surface area contributed by atoms with Crippen LogP contribution in [0.3, 0.4) is 0 Å². The van der Waals surface area contributed by atoms with E-state index in [-0.39, 0.29) is 13.1 Å². The van der Waals surface area contributed by atoms with E-state index >= 15 is 0 Å². The summed E-state index contributed by atoms with van der Waals surface area (Å²) in [5.41, 5.74) is 0. The van der Waals surface area contributed by atoms with Crippen molar-refractivity contribution in [2.24, 2.45) is 0 Å². The molecule has 4 nitrogen and oxygen atoms in total. The molecule has 0 amide bonds. The fraction of sp³-hybridized carbons (Fsp3) is 1.00. The number of aliphatic hydroxyl groups excluding tert-OH is 2. The first-order valence-electron chi connectivity index (χ1n) is 4.43. The van der Waals surface area contributed by atoms with Crippen molar-refractivity contribution in [1.82, 2.24) is 10.2 Å². The maximum absolute atomic E-state index is 11.8. The first-order chi connectivity index (χ1) is 6.43. The number of likely N-dealkylation sites (N-methyl/N-ethyl adjacent to an activating group) is 1. The van der Waals surface area contributed by atoms with Crippen LogP contribution in [0, 0.1) is 0 Å². The van der Waals surface area contributed by atoms with Crippen molar-refractivity contribution in [3.8, 4) is 0 Å². The van der Waals surface area contributed by atoms with Gasteiger partial charge in [0.2, 0.25) is 0 Å². The molecule has 0 aliphatic rings. The van der Waals surface area contributed by atoms with E-state index in [0.717, 1.165) is 0 Å². The van der Waals surface area contributed by atoms with E-state index < -0.39 is 18.6 Å². The summed E-state index contributed by atoms with van der Waals surface area (Å²) in [5.74, 6) is 0. The molecular weight excluding hydrogens is 194 g/mol. The highest BCUT2D eigenvalue weighted by Crippen LogP contribution is 1.98. The molecule has 0 fully saturated rings. The molecule has 0 aromatic carbocycles. The van der Waals surface area contributed by atoms with Crippen LogP contribution in [0.15, 0.2) is 0 Å². The Balaban J connectivity index is 3.44. The summed E-state index contributed by atoms with van der Waals surface area (Å²) in [6, 6.07) is 0. The average molecular weight is 212 g/mol. The molecule has 0 aliphatic carbocycles. The van der Waals surface area contributed by atoms with Gasteiger partial charge in [0.1, 0.15) is 6.10 Å². The second-order valence-corrected chi connectivity index (χ2v) is 3.48. The number of hydrogen-bond donors (Lipinski definition) is 3. The van der Waals surface area contributed by atoms with E-state index in [2.05, 4.69) is 5.32 Å². The topological polar surface area (TPSA) is 55.7 Å². The molecule has 0 saturated heterocycles. The monoisotopic (exact) mass is 212 g/mol. The molecule has 0 aliphatic heterocycles. The van der Waals surface area contributed by atoms with E-state index in [9.17, 15) is 13.9 Å². The van der Waals surface area contributed by atoms with Gasteiger partial charge in [-0.2, -0.15) is 0 Å². The molecule has 0 rings (SSSR count). The van der Waals surface area contributed by atoms with Gasteiger partial charge in [-0.3, -0.25) is 0 Å². The molecule has 0 bridgehead atoms. The van der Waals surface area contributed by atoms with Crippen LogP contribution >= 0.6 is 0 Å². The Bertz CT molecular complexity index is 147. The highest BCUT2D eigenvalue weighted by molar-refractivity contribution is 4.66. The molecule has 2 unspecified atom stereocenters. The number of nitrogens with one attached hydrogen (secondary N) is 1. The minimum Gasteiger partial charge on any atom is -0.390 e. The minimum absolute atomic E-state index is 0.196. The Kier molecular flexibility index (Phi) is 6.90. The number of alkyl halides is 2. The van der Waals surface area contributed by atoms with Crippen molar-refractivity contribution >= 4 is 0 Å². The molecule has 0 aromatic rings. The summed E-state index contributed by atoms with van der Waals surface area (Å²) in [4.78, 5) is 1.79. The van der Waals surface area contributed by atoms with Crippen molar-refractivity contribution in [3.05, 3.63) is 0 Å². The first kappa shape index (κ1) is 13.7. The second-order valence-electron chi connectivity index (χ2n) is 3.48. The van der Waals surface area contributed by atoms with Crippen LogP contribution in [-0.2, 0) is 0 Å². The maximum Gasteiger partial charge on any atom is 0.265 e. The van der Waals surface area contributed by atoms with Crippen LogP contribution in [-0.4, -0.2) is 67.5 Å². The molecule has 2 atom stereocenters. The molecule has 0 heterocycles. The second kappa shape index (κ2) is 7.05. The summed E-state index contributed by atoms with van der Waals surface area (Å²) >= 11 is 0. The number of rotatable bonds is 7. The predicted molar refractivity (Wildman–Crippen MR) is 49.4 cm³/mol. The van der Waals surface area contributed by atoms with Gasteiger partial charge in [0, 0.05) is 19.6 Å². The predicted octanol–water partition coefficient (Wildman–Crippen LogP) is -0.875. The molecule has 0 saturated carbocycles. The van der Waals surface area contributed by atoms with Crippen molar-refractivity contribution in [2.75, 3.05) is 33.7 Å².